The predicted octanol–water partition coefficient (Wildman–Crippen LogP) is 3.25. The number of hydrogen-bond donors (Lipinski definition) is 2. The van der Waals surface area contributed by atoms with Crippen LogP contribution in [0, 0.1) is 6.92 Å². The van der Waals surface area contributed by atoms with E-state index in [2.05, 4.69) is 107 Å². The first-order chi connectivity index (χ1) is 16.9. The molecule has 1 aliphatic rings. The molecule has 1 saturated heterocycles. The molecule has 0 amide bonds. The summed E-state index contributed by atoms with van der Waals surface area (Å²) >= 11 is 0. The Morgan fingerprint density at radius 3 is 2.11 bits per heavy atom. The Morgan fingerprint density at radius 1 is 0.757 bits per heavy atom. The number of anilines is 2. The topological polar surface area (TPSA) is 130 Å². The molecule has 0 bridgehead atoms. The molecular weight excluding hydrogens is 466 g/mol. The highest BCUT2D eigenvalue weighted by Crippen LogP contribution is 2.30. The monoisotopic (exact) mass is 501 g/mol. The lowest BCUT2D eigenvalue weighted by Gasteiger charge is -2.34. The average molecular weight is 502 g/mol. The van der Waals surface area contributed by atoms with E-state index in [4.69, 9.17) is 9.97 Å². The highest BCUT2D eigenvalue weighted by molar-refractivity contribution is 5.87. The first-order valence-corrected chi connectivity index (χ1v) is 12.2. The van der Waals surface area contributed by atoms with Gasteiger partial charge in [0.25, 0.3) is 0 Å². The zero-order valence-corrected chi connectivity index (χ0v) is 21.8. The highest BCUT2D eigenvalue weighted by atomic mass is 16.0. The van der Waals surface area contributed by atoms with Crippen molar-refractivity contribution in [2.45, 2.75) is 6.92 Å². The number of rotatable bonds is 4. The molecule has 1 fully saturated rings. The molecule has 9 heteroatoms. The molecular formula is C28H35N7O2. The van der Waals surface area contributed by atoms with E-state index >= 15 is 0 Å². The summed E-state index contributed by atoms with van der Waals surface area (Å²) in [5.74, 6) is 1.77. The predicted molar refractivity (Wildman–Crippen MR) is 153 cm³/mol. The van der Waals surface area contributed by atoms with Crippen LogP contribution in [0.3, 0.4) is 0 Å². The second kappa shape index (κ2) is 10.2. The van der Waals surface area contributed by atoms with Gasteiger partial charge in [-0.3, -0.25) is 0 Å². The molecule has 2 aromatic heterocycles. The summed E-state index contributed by atoms with van der Waals surface area (Å²) in [6.45, 7) is 6.43. The van der Waals surface area contributed by atoms with Crippen LogP contribution in [0.4, 0.5) is 11.4 Å². The zero-order chi connectivity index (χ0) is 24.1. The first kappa shape index (κ1) is 26.2. The Hall–Kier alpha value is -3.92. The fraction of sp³-hybridized carbons (Fsp3) is 0.286. The number of piperazine rings is 1. The minimum absolute atomic E-state index is 0. The van der Waals surface area contributed by atoms with Crippen LogP contribution in [0.15, 0.2) is 54.6 Å². The van der Waals surface area contributed by atoms with Gasteiger partial charge in [-0.2, -0.15) is 0 Å². The van der Waals surface area contributed by atoms with Crippen molar-refractivity contribution in [3.8, 4) is 22.8 Å². The summed E-state index contributed by atoms with van der Waals surface area (Å²) in [6.07, 6.45) is 0. The summed E-state index contributed by atoms with van der Waals surface area (Å²) in [4.78, 5) is 23.7. The van der Waals surface area contributed by atoms with Gasteiger partial charge in [0.1, 0.15) is 11.6 Å². The Balaban J connectivity index is 0.00000160. The van der Waals surface area contributed by atoms with Crippen molar-refractivity contribution in [3.63, 3.8) is 0 Å². The minimum Gasteiger partial charge on any atom is -0.412 e. The second-order valence-corrected chi connectivity index (χ2v) is 9.79. The van der Waals surface area contributed by atoms with Gasteiger partial charge in [-0.1, -0.05) is 0 Å². The average Bonchev–Trinajstić information content (AvgIpc) is 3.47. The summed E-state index contributed by atoms with van der Waals surface area (Å²) in [5, 5.41) is 0. The Morgan fingerprint density at radius 2 is 1.41 bits per heavy atom. The van der Waals surface area contributed by atoms with Gasteiger partial charge in [0.15, 0.2) is 0 Å². The number of aryl methyl sites for hydroxylation is 1. The standard InChI is InChI=1S/C28H31N7.2H2O/c1-18-15-20(33(2)3)6-8-22(18)28-30-23-9-5-19(16-25(23)32-28)27-29-24-10-7-21(17-26(24)31-27)35-13-11-34(4)12-14-35;;/h5-10,15-17H,11-14H2,1-4H3,(H,29,31)(H,30,32);2*1H2. The van der Waals surface area contributed by atoms with Crippen molar-refractivity contribution in [2.75, 3.05) is 57.1 Å². The van der Waals surface area contributed by atoms with Crippen molar-refractivity contribution >= 4 is 33.4 Å². The molecule has 3 heterocycles. The quantitative estimate of drug-likeness (QED) is 0.390. The summed E-state index contributed by atoms with van der Waals surface area (Å²) in [6, 6.07) is 19.3. The number of benzene rings is 3. The fourth-order valence-electron chi connectivity index (χ4n) is 4.87. The van der Waals surface area contributed by atoms with E-state index < -0.39 is 0 Å². The van der Waals surface area contributed by atoms with E-state index in [9.17, 15) is 0 Å². The summed E-state index contributed by atoms with van der Waals surface area (Å²) in [5.41, 5.74) is 9.82. The van der Waals surface area contributed by atoms with Crippen LogP contribution in [0.5, 0.6) is 0 Å². The molecule has 9 nitrogen and oxygen atoms in total. The van der Waals surface area contributed by atoms with E-state index in [0.29, 0.717) is 0 Å². The Labute approximate surface area is 216 Å². The van der Waals surface area contributed by atoms with E-state index in [1.807, 2.05) is 0 Å². The van der Waals surface area contributed by atoms with Crippen molar-refractivity contribution in [3.05, 3.63) is 60.2 Å². The van der Waals surface area contributed by atoms with Crippen LogP contribution in [0.1, 0.15) is 5.56 Å². The van der Waals surface area contributed by atoms with Crippen LogP contribution in [-0.4, -0.2) is 83.1 Å². The Bertz CT molecular complexity index is 1530. The molecule has 0 saturated carbocycles. The van der Waals surface area contributed by atoms with Crippen LogP contribution < -0.4 is 9.80 Å². The maximum atomic E-state index is 4.87. The van der Waals surface area contributed by atoms with Gasteiger partial charge in [0, 0.05) is 62.8 Å². The smallest absolute Gasteiger partial charge is 0.138 e. The van der Waals surface area contributed by atoms with Crippen LogP contribution >= 0.6 is 0 Å². The zero-order valence-electron chi connectivity index (χ0n) is 21.8. The lowest BCUT2D eigenvalue weighted by atomic mass is 10.1. The lowest BCUT2D eigenvalue weighted by Crippen LogP contribution is -2.44. The highest BCUT2D eigenvalue weighted by Gasteiger charge is 2.16. The van der Waals surface area contributed by atoms with E-state index in [-0.39, 0.29) is 11.0 Å². The lowest BCUT2D eigenvalue weighted by molar-refractivity contribution is 0.313. The molecule has 1 aliphatic heterocycles. The molecule has 0 radical (unpaired) electrons. The molecule has 0 aliphatic carbocycles. The molecule has 6 N–H and O–H groups in total. The number of hydrogen-bond acceptors (Lipinski definition) is 5. The third kappa shape index (κ3) is 4.89. The van der Waals surface area contributed by atoms with E-state index in [1.165, 1.54) is 16.9 Å². The molecule has 37 heavy (non-hydrogen) atoms. The third-order valence-corrected chi connectivity index (χ3v) is 7.07. The molecule has 0 unspecified atom stereocenters. The van der Waals surface area contributed by atoms with Crippen LogP contribution in [-0.2, 0) is 0 Å². The molecule has 6 rings (SSSR count). The number of aromatic nitrogens is 4. The van der Waals surface area contributed by atoms with Gasteiger partial charge in [-0.15, -0.1) is 0 Å². The van der Waals surface area contributed by atoms with Gasteiger partial charge >= 0.3 is 0 Å². The number of nitrogens with one attached hydrogen (secondary N) is 2. The minimum atomic E-state index is 0. The second-order valence-electron chi connectivity index (χ2n) is 9.79. The molecule has 0 spiro atoms. The van der Waals surface area contributed by atoms with Gasteiger partial charge in [0.05, 0.1) is 22.1 Å². The number of H-pyrrole nitrogens is 2. The molecule has 3 aromatic carbocycles. The third-order valence-electron chi connectivity index (χ3n) is 7.07. The first-order valence-electron chi connectivity index (χ1n) is 12.2. The van der Waals surface area contributed by atoms with Gasteiger partial charge in [-0.05, 0) is 74.1 Å². The van der Waals surface area contributed by atoms with E-state index in [0.717, 1.165) is 71.0 Å². The maximum Gasteiger partial charge on any atom is 0.138 e. The summed E-state index contributed by atoms with van der Waals surface area (Å²) in [7, 11) is 6.30. The van der Waals surface area contributed by atoms with Gasteiger partial charge in [-0.25, -0.2) is 9.97 Å². The SMILES string of the molecule is Cc1cc(N(C)C)ccc1-c1nc2ccc(-c3nc4ccc(N5CCN(C)CC5)cc4[nH]3)cc2[nH]1.O.O. The number of nitrogens with zero attached hydrogens (tertiary/aromatic N) is 5. The fourth-order valence-corrected chi connectivity index (χ4v) is 4.87. The largest absolute Gasteiger partial charge is 0.412 e. The van der Waals surface area contributed by atoms with E-state index in [1.54, 1.807) is 0 Å². The summed E-state index contributed by atoms with van der Waals surface area (Å²) < 4.78 is 0. The van der Waals surface area contributed by atoms with Crippen molar-refractivity contribution < 1.29 is 11.0 Å². The molecule has 5 aromatic rings. The van der Waals surface area contributed by atoms with Crippen LogP contribution in [0.2, 0.25) is 0 Å². The normalized spacial score (nSPS) is 14.0. The van der Waals surface area contributed by atoms with Crippen molar-refractivity contribution in [1.29, 1.82) is 0 Å². The van der Waals surface area contributed by atoms with Crippen LogP contribution in [0.25, 0.3) is 44.8 Å². The molecule has 194 valence electrons. The Kier molecular flexibility index (Phi) is 7.22. The number of aromatic amines is 2. The number of fused-ring (bicyclic) bond motifs is 2. The number of likely N-dealkylation sites (N-methyl/N-ethyl adjacent to an activating group) is 1. The number of imidazole rings is 2. The maximum absolute atomic E-state index is 4.87. The molecule has 0 atom stereocenters. The van der Waals surface area contributed by atoms with Gasteiger partial charge in [0.2, 0.25) is 0 Å². The van der Waals surface area contributed by atoms with Crippen molar-refractivity contribution in [1.82, 2.24) is 24.8 Å². The van der Waals surface area contributed by atoms with Gasteiger partial charge < -0.3 is 35.6 Å². The van der Waals surface area contributed by atoms with Crippen molar-refractivity contribution in [2.24, 2.45) is 0 Å².